The van der Waals surface area contributed by atoms with Gasteiger partial charge in [-0.3, -0.25) is 4.79 Å². The lowest BCUT2D eigenvalue weighted by Crippen LogP contribution is -2.44. The van der Waals surface area contributed by atoms with Crippen molar-refractivity contribution in [3.8, 4) is 0 Å². The Morgan fingerprint density at radius 2 is 2.05 bits per heavy atom. The molecule has 0 radical (unpaired) electrons. The van der Waals surface area contributed by atoms with E-state index in [-0.39, 0.29) is 11.3 Å². The maximum absolute atomic E-state index is 12.5. The molecule has 20 heavy (non-hydrogen) atoms. The SMILES string of the molecule is COCc1ccc(C(=O)N2C(C)SCC2C(=O)O)cc1. The Kier molecular flexibility index (Phi) is 4.67. The molecular formula is C14H17NO4S. The van der Waals surface area contributed by atoms with Crippen LogP contribution in [0.15, 0.2) is 24.3 Å². The van der Waals surface area contributed by atoms with Crippen LogP contribution in [0.3, 0.4) is 0 Å². The number of carbonyl (C=O) groups is 2. The van der Waals surface area contributed by atoms with Gasteiger partial charge in [0.2, 0.25) is 0 Å². The van der Waals surface area contributed by atoms with Gasteiger partial charge in [-0.05, 0) is 24.6 Å². The molecule has 1 N–H and O–H groups in total. The normalized spacial score (nSPS) is 22.0. The molecule has 108 valence electrons. The second kappa shape index (κ2) is 6.28. The van der Waals surface area contributed by atoms with Crippen molar-refractivity contribution in [1.29, 1.82) is 0 Å². The van der Waals surface area contributed by atoms with Crippen LogP contribution in [0, 0.1) is 0 Å². The third kappa shape index (κ3) is 2.96. The first-order chi connectivity index (χ1) is 9.54. The fourth-order valence-electron chi connectivity index (χ4n) is 2.20. The number of nitrogens with zero attached hydrogens (tertiary/aromatic N) is 1. The Bertz CT molecular complexity index is 502. The predicted molar refractivity (Wildman–Crippen MR) is 76.7 cm³/mol. The quantitative estimate of drug-likeness (QED) is 0.918. The molecule has 1 amide bonds. The van der Waals surface area contributed by atoms with Crippen LogP contribution in [0.1, 0.15) is 22.8 Å². The van der Waals surface area contributed by atoms with Crippen molar-refractivity contribution in [3.05, 3.63) is 35.4 Å². The number of rotatable bonds is 4. The zero-order chi connectivity index (χ0) is 14.7. The van der Waals surface area contributed by atoms with E-state index >= 15 is 0 Å². The van der Waals surface area contributed by atoms with Crippen LogP contribution in [0.4, 0.5) is 0 Å². The summed E-state index contributed by atoms with van der Waals surface area (Å²) < 4.78 is 5.02. The van der Waals surface area contributed by atoms with Crippen LogP contribution in [0.5, 0.6) is 0 Å². The molecule has 6 heteroatoms. The highest BCUT2D eigenvalue weighted by Crippen LogP contribution is 2.30. The van der Waals surface area contributed by atoms with Gasteiger partial charge in [-0.2, -0.15) is 0 Å². The van der Waals surface area contributed by atoms with Gasteiger partial charge in [-0.25, -0.2) is 4.79 Å². The summed E-state index contributed by atoms with van der Waals surface area (Å²) in [4.78, 5) is 25.1. The Morgan fingerprint density at radius 1 is 1.40 bits per heavy atom. The Morgan fingerprint density at radius 3 is 2.60 bits per heavy atom. The lowest BCUT2D eigenvalue weighted by Gasteiger charge is -2.25. The van der Waals surface area contributed by atoms with Crippen LogP contribution in [-0.4, -0.2) is 46.2 Å². The molecule has 5 nitrogen and oxygen atoms in total. The first-order valence-electron chi connectivity index (χ1n) is 6.29. The first kappa shape index (κ1) is 14.9. The molecule has 1 aromatic rings. The molecule has 0 saturated carbocycles. The van der Waals surface area contributed by atoms with Crippen LogP contribution < -0.4 is 0 Å². The molecule has 1 aliphatic heterocycles. The summed E-state index contributed by atoms with van der Waals surface area (Å²) >= 11 is 1.48. The number of amides is 1. The maximum atomic E-state index is 12.5. The number of thioether (sulfide) groups is 1. The Hall–Kier alpha value is -1.53. The number of ether oxygens (including phenoxy) is 1. The molecule has 1 aliphatic rings. The van der Waals surface area contributed by atoms with Crippen molar-refractivity contribution in [2.75, 3.05) is 12.9 Å². The van der Waals surface area contributed by atoms with Crippen molar-refractivity contribution >= 4 is 23.6 Å². The lowest BCUT2D eigenvalue weighted by atomic mass is 10.1. The summed E-state index contributed by atoms with van der Waals surface area (Å²) in [5.74, 6) is -0.755. The molecule has 1 fully saturated rings. The molecule has 0 spiro atoms. The minimum Gasteiger partial charge on any atom is -0.480 e. The van der Waals surface area contributed by atoms with Gasteiger partial charge >= 0.3 is 5.97 Å². The van der Waals surface area contributed by atoms with E-state index < -0.39 is 12.0 Å². The average molecular weight is 295 g/mol. The van der Waals surface area contributed by atoms with E-state index in [2.05, 4.69) is 0 Å². The standard InChI is InChI=1S/C14H17NO4S/c1-9-15(12(8-20-9)14(17)18)13(16)11-5-3-10(4-6-11)7-19-2/h3-6,9,12H,7-8H2,1-2H3,(H,17,18). The third-order valence-corrected chi connectivity index (χ3v) is 4.47. The lowest BCUT2D eigenvalue weighted by molar-refractivity contribution is -0.141. The van der Waals surface area contributed by atoms with Crippen LogP contribution in [0.2, 0.25) is 0 Å². The van der Waals surface area contributed by atoms with Crippen molar-refractivity contribution in [1.82, 2.24) is 4.90 Å². The average Bonchev–Trinajstić information content (AvgIpc) is 2.81. The Balaban J connectivity index is 2.19. The zero-order valence-electron chi connectivity index (χ0n) is 11.4. The third-order valence-electron chi connectivity index (χ3n) is 3.25. The summed E-state index contributed by atoms with van der Waals surface area (Å²) in [5, 5.41) is 9.06. The van der Waals surface area contributed by atoms with Gasteiger partial charge in [0, 0.05) is 18.4 Å². The summed E-state index contributed by atoms with van der Waals surface area (Å²) in [6, 6.07) is 6.32. The van der Waals surface area contributed by atoms with Gasteiger partial charge in [0.15, 0.2) is 0 Å². The molecule has 2 unspecified atom stereocenters. The van der Waals surface area contributed by atoms with E-state index in [1.54, 1.807) is 19.2 Å². The van der Waals surface area contributed by atoms with Crippen molar-refractivity contribution < 1.29 is 19.4 Å². The molecule has 1 saturated heterocycles. The minimum absolute atomic E-state index is 0.123. The van der Waals surface area contributed by atoms with Crippen molar-refractivity contribution in [3.63, 3.8) is 0 Å². The number of methoxy groups -OCH3 is 1. The number of aliphatic carboxylic acids is 1. The zero-order valence-corrected chi connectivity index (χ0v) is 12.2. The topological polar surface area (TPSA) is 66.8 Å². The second-order valence-electron chi connectivity index (χ2n) is 4.63. The van der Waals surface area contributed by atoms with Gasteiger partial charge in [0.25, 0.3) is 5.91 Å². The van der Waals surface area contributed by atoms with Gasteiger partial charge in [-0.1, -0.05) is 12.1 Å². The predicted octanol–water partition coefficient (Wildman–Crippen LogP) is 1.82. The van der Waals surface area contributed by atoms with Gasteiger partial charge in [0.05, 0.1) is 12.0 Å². The number of benzene rings is 1. The van der Waals surface area contributed by atoms with E-state index in [9.17, 15) is 14.7 Å². The van der Waals surface area contributed by atoms with Crippen LogP contribution in [-0.2, 0) is 16.1 Å². The second-order valence-corrected chi connectivity index (χ2v) is 5.98. The summed E-state index contributed by atoms with van der Waals surface area (Å²) in [7, 11) is 1.61. The first-order valence-corrected chi connectivity index (χ1v) is 7.34. The number of hydrogen-bond donors (Lipinski definition) is 1. The molecular weight excluding hydrogens is 278 g/mol. The summed E-state index contributed by atoms with van der Waals surface area (Å²) in [6.07, 6.45) is 0. The maximum Gasteiger partial charge on any atom is 0.327 e. The van der Waals surface area contributed by atoms with Crippen LogP contribution >= 0.6 is 11.8 Å². The van der Waals surface area contributed by atoms with Crippen molar-refractivity contribution in [2.24, 2.45) is 0 Å². The highest BCUT2D eigenvalue weighted by atomic mass is 32.2. The van der Waals surface area contributed by atoms with Gasteiger partial charge in [0.1, 0.15) is 6.04 Å². The van der Waals surface area contributed by atoms with E-state index in [4.69, 9.17) is 4.74 Å². The smallest absolute Gasteiger partial charge is 0.327 e. The van der Waals surface area contributed by atoms with E-state index in [0.29, 0.717) is 17.9 Å². The molecule has 2 atom stereocenters. The van der Waals surface area contributed by atoms with E-state index in [1.165, 1.54) is 16.7 Å². The fraction of sp³-hybridized carbons (Fsp3) is 0.429. The molecule has 2 rings (SSSR count). The highest BCUT2D eigenvalue weighted by Gasteiger charge is 2.39. The summed E-state index contributed by atoms with van der Waals surface area (Å²) in [5.41, 5.74) is 1.48. The van der Waals surface area contributed by atoms with E-state index in [1.807, 2.05) is 19.1 Å². The molecule has 1 heterocycles. The van der Waals surface area contributed by atoms with Gasteiger partial charge < -0.3 is 14.7 Å². The van der Waals surface area contributed by atoms with E-state index in [0.717, 1.165) is 5.56 Å². The van der Waals surface area contributed by atoms with Crippen molar-refractivity contribution in [2.45, 2.75) is 24.9 Å². The molecule has 0 bridgehead atoms. The molecule has 0 aliphatic carbocycles. The van der Waals surface area contributed by atoms with Crippen LogP contribution in [0.25, 0.3) is 0 Å². The highest BCUT2D eigenvalue weighted by molar-refractivity contribution is 8.00. The molecule has 0 aromatic heterocycles. The van der Waals surface area contributed by atoms with Gasteiger partial charge in [-0.15, -0.1) is 11.8 Å². The number of hydrogen-bond acceptors (Lipinski definition) is 4. The minimum atomic E-state index is -0.953. The Labute approximate surface area is 121 Å². The number of carboxylic acid groups (broad SMARTS) is 1. The summed E-state index contributed by atoms with van der Waals surface area (Å²) in [6.45, 7) is 2.34. The largest absolute Gasteiger partial charge is 0.480 e. The number of carboxylic acids is 1. The number of carbonyl (C=O) groups excluding carboxylic acids is 1. The monoisotopic (exact) mass is 295 g/mol. The fourth-order valence-corrected chi connectivity index (χ4v) is 3.37. The molecule has 1 aromatic carbocycles.